The van der Waals surface area contributed by atoms with Crippen LogP contribution in [0.4, 0.5) is 0 Å². The number of nitrogens with two attached hydrogens (primary N) is 1. The molecule has 0 aromatic heterocycles. The van der Waals surface area contributed by atoms with E-state index in [0.29, 0.717) is 0 Å². The van der Waals surface area contributed by atoms with Crippen LogP contribution in [0.5, 0.6) is 0 Å². The molecule has 0 saturated carbocycles. The summed E-state index contributed by atoms with van der Waals surface area (Å²) < 4.78 is 0. The number of hydrogen-bond acceptors (Lipinski definition) is 3. The minimum atomic E-state index is -0.553. The van der Waals surface area contributed by atoms with Gasteiger partial charge < -0.3 is 11.1 Å². The number of rotatable bonds is 3. The Morgan fingerprint density at radius 3 is 2.82 bits per heavy atom. The molecule has 0 radical (unpaired) electrons. The first-order chi connectivity index (χ1) is 8.27. The highest BCUT2D eigenvalue weighted by molar-refractivity contribution is 7.99. The van der Waals surface area contributed by atoms with Crippen LogP contribution in [0.2, 0.25) is 0 Å². The number of benzene rings is 1. The topological polar surface area (TPSA) is 55.1 Å². The van der Waals surface area contributed by atoms with Gasteiger partial charge in [-0.2, -0.15) is 11.8 Å². The second-order valence-corrected chi connectivity index (χ2v) is 5.46. The number of amides is 1. The van der Waals surface area contributed by atoms with Crippen LogP contribution >= 0.6 is 11.8 Å². The third-order valence-electron chi connectivity index (χ3n) is 2.95. The van der Waals surface area contributed by atoms with Crippen LogP contribution in [0.25, 0.3) is 0 Å². The quantitative estimate of drug-likeness (QED) is 0.858. The van der Waals surface area contributed by atoms with Crippen LogP contribution in [0.15, 0.2) is 30.3 Å². The van der Waals surface area contributed by atoms with E-state index in [2.05, 4.69) is 5.32 Å². The molecule has 0 bridgehead atoms. The number of thioether (sulfide) groups is 1. The lowest BCUT2D eigenvalue weighted by Crippen LogP contribution is -2.43. The Morgan fingerprint density at radius 1 is 1.41 bits per heavy atom. The fourth-order valence-corrected chi connectivity index (χ4v) is 3.03. The lowest BCUT2D eigenvalue weighted by atomic mass is 10.1. The van der Waals surface area contributed by atoms with E-state index in [1.165, 1.54) is 12.2 Å². The zero-order valence-corrected chi connectivity index (χ0v) is 10.6. The zero-order chi connectivity index (χ0) is 12.1. The molecule has 2 atom stereocenters. The van der Waals surface area contributed by atoms with Gasteiger partial charge in [0.1, 0.15) is 6.04 Å². The van der Waals surface area contributed by atoms with E-state index < -0.39 is 6.04 Å². The third kappa shape index (κ3) is 3.48. The van der Waals surface area contributed by atoms with Crippen molar-refractivity contribution in [2.24, 2.45) is 5.73 Å². The molecular weight excluding hydrogens is 232 g/mol. The molecule has 3 nitrogen and oxygen atoms in total. The maximum atomic E-state index is 12.0. The van der Waals surface area contributed by atoms with Crippen molar-refractivity contribution in [3.05, 3.63) is 35.9 Å². The van der Waals surface area contributed by atoms with Crippen molar-refractivity contribution in [1.82, 2.24) is 5.32 Å². The third-order valence-corrected chi connectivity index (χ3v) is 4.16. The normalized spacial score (nSPS) is 21.8. The highest BCUT2D eigenvalue weighted by Gasteiger charge is 2.20. The summed E-state index contributed by atoms with van der Waals surface area (Å²) in [7, 11) is 0. The van der Waals surface area contributed by atoms with Crippen molar-refractivity contribution in [3.63, 3.8) is 0 Å². The molecule has 2 rings (SSSR count). The van der Waals surface area contributed by atoms with Gasteiger partial charge in [-0.3, -0.25) is 4.79 Å². The van der Waals surface area contributed by atoms with Gasteiger partial charge in [0.15, 0.2) is 0 Å². The van der Waals surface area contributed by atoms with Gasteiger partial charge >= 0.3 is 0 Å². The molecule has 92 valence electrons. The van der Waals surface area contributed by atoms with Crippen LogP contribution in [0.1, 0.15) is 24.4 Å². The molecule has 1 fully saturated rings. The second-order valence-electron chi connectivity index (χ2n) is 4.31. The summed E-state index contributed by atoms with van der Waals surface area (Å²) in [5.41, 5.74) is 6.81. The van der Waals surface area contributed by atoms with Gasteiger partial charge in [-0.1, -0.05) is 30.3 Å². The molecular formula is C13H18N2OS. The molecule has 3 N–H and O–H groups in total. The summed E-state index contributed by atoms with van der Waals surface area (Å²) in [5, 5.41) is 3.03. The Kier molecular flexibility index (Phi) is 4.45. The minimum absolute atomic E-state index is 0.0660. The first-order valence-corrected chi connectivity index (χ1v) is 7.11. The van der Waals surface area contributed by atoms with E-state index >= 15 is 0 Å². The molecule has 2 unspecified atom stereocenters. The van der Waals surface area contributed by atoms with Gasteiger partial charge in [0.25, 0.3) is 0 Å². The Morgan fingerprint density at radius 2 is 2.18 bits per heavy atom. The van der Waals surface area contributed by atoms with Gasteiger partial charge in [0.2, 0.25) is 5.91 Å². The average Bonchev–Trinajstić information content (AvgIpc) is 2.40. The molecule has 1 aliphatic rings. The maximum Gasteiger partial charge on any atom is 0.241 e. The molecule has 0 spiro atoms. The molecule has 0 aliphatic carbocycles. The van der Waals surface area contributed by atoms with Crippen LogP contribution in [0.3, 0.4) is 0 Å². The average molecular weight is 250 g/mol. The number of hydrogen-bond donors (Lipinski definition) is 2. The molecule has 1 aliphatic heterocycles. The summed E-state index contributed by atoms with van der Waals surface area (Å²) in [6.45, 7) is 0. The summed E-state index contributed by atoms with van der Waals surface area (Å²) >= 11 is 1.90. The summed E-state index contributed by atoms with van der Waals surface area (Å²) in [5.74, 6) is 2.15. The summed E-state index contributed by atoms with van der Waals surface area (Å²) in [4.78, 5) is 12.0. The van der Waals surface area contributed by atoms with Crippen molar-refractivity contribution in [1.29, 1.82) is 0 Å². The van der Waals surface area contributed by atoms with Crippen molar-refractivity contribution in [2.75, 3.05) is 11.5 Å². The largest absolute Gasteiger partial charge is 0.351 e. The molecule has 1 aromatic carbocycles. The van der Waals surface area contributed by atoms with Gasteiger partial charge in [-0.25, -0.2) is 0 Å². The molecule has 1 heterocycles. The lowest BCUT2D eigenvalue weighted by Gasteiger charge is -2.24. The van der Waals surface area contributed by atoms with E-state index in [1.54, 1.807) is 0 Å². The molecule has 1 aromatic rings. The van der Waals surface area contributed by atoms with Crippen molar-refractivity contribution in [3.8, 4) is 0 Å². The van der Waals surface area contributed by atoms with E-state index in [4.69, 9.17) is 5.73 Å². The first kappa shape index (κ1) is 12.5. The van der Waals surface area contributed by atoms with Crippen LogP contribution in [0, 0.1) is 0 Å². The Balaban J connectivity index is 1.91. The van der Waals surface area contributed by atoms with E-state index in [9.17, 15) is 4.79 Å². The molecule has 4 heteroatoms. The van der Waals surface area contributed by atoms with Gasteiger partial charge in [-0.15, -0.1) is 0 Å². The molecule has 1 saturated heterocycles. The van der Waals surface area contributed by atoms with E-state index in [-0.39, 0.29) is 11.9 Å². The minimum Gasteiger partial charge on any atom is -0.351 e. The predicted molar refractivity (Wildman–Crippen MR) is 71.9 cm³/mol. The number of carbonyl (C=O) groups excluding carboxylic acids is 1. The van der Waals surface area contributed by atoms with Crippen molar-refractivity contribution >= 4 is 17.7 Å². The standard InChI is InChI=1S/C13H18N2OS/c14-12(10-5-2-1-3-6-10)13(16)15-11-7-4-8-17-9-11/h1-3,5-6,11-12H,4,7-9,14H2,(H,15,16). The van der Waals surface area contributed by atoms with E-state index in [1.807, 2.05) is 42.1 Å². The SMILES string of the molecule is NC(C(=O)NC1CCCSC1)c1ccccc1. The predicted octanol–water partition coefficient (Wildman–Crippen LogP) is 1.70. The number of carbonyl (C=O) groups is 1. The lowest BCUT2D eigenvalue weighted by molar-refractivity contribution is -0.123. The van der Waals surface area contributed by atoms with Gasteiger partial charge in [-0.05, 0) is 24.2 Å². The smallest absolute Gasteiger partial charge is 0.241 e. The fourth-order valence-electron chi connectivity index (χ4n) is 1.96. The van der Waals surface area contributed by atoms with Crippen LogP contribution in [-0.2, 0) is 4.79 Å². The Bertz CT molecular complexity index is 363. The van der Waals surface area contributed by atoms with Crippen molar-refractivity contribution in [2.45, 2.75) is 24.9 Å². The molecule has 17 heavy (non-hydrogen) atoms. The van der Waals surface area contributed by atoms with Gasteiger partial charge in [0.05, 0.1) is 0 Å². The Labute approximate surface area is 106 Å². The fraction of sp³-hybridized carbons (Fsp3) is 0.462. The highest BCUT2D eigenvalue weighted by atomic mass is 32.2. The first-order valence-electron chi connectivity index (χ1n) is 5.96. The maximum absolute atomic E-state index is 12.0. The van der Waals surface area contributed by atoms with Crippen LogP contribution in [-0.4, -0.2) is 23.5 Å². The van der Waals surface area contributed by atoms with E-state index in [0.717, 1.165) is 17.7 Å². The Hall–Kier alpha value is -1.00. The highest BCUT2D eigenvalue weighted by Crippen LogP contribution is 2.18. The van der Waals surface area contributed by atoms with Crippen LogP contribution < -0.4 is 11.1 Å². The summed E-state index contributed by atoms with van der Waals surface area (Å²) in [6, 6.07) is 9.24. The monoisotopic (exact) mass is 250 g/mol. The zero-order valence-electron chi connectivity index (χ0n) is 9.76. The second kappa shape index (κ2) is 6.07. The number of nitrogens with one attached hydrogen (secondary N) is 1. The van der Waals surface area contributed by atoms with Crippen molar-refractivity contribution < 1.29 is 4.79 Å². The molecule has 1 amide bonds. The summed E-state index contributed by atoms with van der Waals surface area (Å²) in [6.07, 6.45) is 2.25. The van der Waals surface area contributed by atoms with Gasteiger partial charge in [0, 0.05) is 11.8 Å².